The molecule has 1 saturated heterocycles. The number of fused-ring (bicyclic) bond motifs is 1. The Labute approximate surface area is 161 Å². The van der Waals surface area contributed by atoms with E-state index in [2.05, 4.69) is 27.7 Å². The number of likely N-dealkylation sites (N-methyl/N-ethyl adjacent to an activating group) is 1. The summed E-state index contributed by atoms with van der Waals surface area (Å²) in [6, 6.07) is 6.64. The fourth-order valence-corrected chi connectivity index (χ4v) is 4.75. The van der Waals surface area contributed by atoms with Gasteiger partial charge in [0, 0.05) is 12.6 Å². The number of nitrogens with zero attached hydrogens (tertiary/aromatic N) is 1. The fraction of sp³-hybridized carbons (Fsp3) is 0.667. The highest BCUT2D eigenvalue weighted by molar-refractivity contribution is 5.79. The molecule has 0 radical (unpaired) electrons. The number of piperidine rings is 1. The van der Waals surface area contributed by atoms with Gasteiger partial charge in [0.2, 0.25) is 5.91 Å². The quantitative estimate of drug-likeness (QED) is 0.827. The van der Waals surface area contributed by atoms with Gasteiger partial charge in [-0.15, -0.1) is 0 Å². The maximum absolute atomic E-state index is 12.9. The predicted molar refractivity (Wildman–Crippen MR) is 104 cm³/mol. The zero-order valence-electron chi connectivity index (χ0n) is 16.3. The van der Waals surface area contributed by atoms with E-state index in [1.165, 1.54) is 6.42 Å². The van der Waals surface area contributed by atoms with E-state index < -0.39 is 0 Å². The molecule has 6 heteroatoms. The van der Waals surface area contributed by atoms with Crippen LogP contribution in [0.5, 0.6) is 11.5 Å². The summed E-state index contributed by atoms with van der Waals surface area (Å²) in [7, 11) is 2.00. The maximum atomic E-state index is 12.9. The lowest BCUT2D eigenvalue weighted by Gasteiger charge is -2.35. The topological polar surface area (TPSA) is 62.8 Å². The van der Waals surface area contributed by atoms with Crippen LogP contribution in [0.15, 0.2) is 18.2 Å². The van der Waals surface area contributed by atoms with Gasteiger partial charge < -0.3 is 20.1 Å². The highest BCUT2D eigenvalue weighted by Crippen LogP contribution is 2.42. The molecule has 1 aromatic carbocycles. The lowest BCUT2D eigenvalue weighted by molar-refractivity contribution is -0.124. The number of rotatable bonds is 5. The number of hydrogen-bond acceptors (Lipinski definition) is 5. The van der Waals surface area contributed by atoms with E-state index in [0.717, 1.165) is 62.3 Å². The minimum Gasteiger partial charge on any atom is -0.486 e. The van der Waals surface area contributed by atoms with E-state index >= 15 is 0 Å². The Kier molecular flexibility index (Phi) is 5.55. The van der Waals surface area contributed by atoms with Crippen molar-refractivity contribution in [1.29, 1.82) is 0 Å². The van der Waals surface area contributed by atoms with Crippen molar-refractivity contribution >= 4 is 5.91 Å². The van der Waals surface area contributed by atoms with Gasteiger partial charge in [0.15, 0.2) is 11.5 Å². The van der Waals surface area contributed by atoms with Gasteiger partial charge in [-0.25, -0.2) is 0 Å². The second-order valence-corrected chi connectivity index (χ2v) is 8.06. The summed E-state index contributed by atoms with van der Waals surface area (Å²) in [5, 5.41) is 6.74. The predicted octanol–water partition coefficient (Wildman–Crippen LogP) is 2.03. The lowest BCUT2D eigenvalue weighted by Crippen LogP contribution is -2.51. The first-order valence-electron chi connectivity index (χ1n) is 10.3. The van der Waals surface area contributed by atoms with Crippen LogP contribution in [0.4, 0.5) is 0 Å². The molecule has 0 bridgehead atoms. The van der Waals surface area contributed by atoms with Crippen molar-refractivity contribution in [2.75, 3.05) is 39.9 Å². The Morgan fingerprint density at radius 1 is 1.19 bits per heavy atom. The van der Waals surface area contributed by atoms with Crippen LogP contribution < -0.4 is 20.1 Å². The van der Waals surface area contributed by atoms with E-state index in [0.29, 0.717) is 25.8 Å². The van der Waals surface area contributed by atoms with Crippen LogP contribution in [0.1, 0.15) is 44.1 Å². The second-order valence-electron chi connectivity index (χ2n) is 8.06. The van der Waals surface area contributed by atoms with Crippen LogP contribution >= 0.6 is 0 Å². The van der Waals surface area contributed by atoms with Gasteiger partial charge in [0.1, 0.15) is 13.2 Å². The van der Waals surface area contributed by atoms with E-state index in [9.17, 15) is 4.79 Å². The molecule has 2 heterocycles. The summed E-state index contributed by atoms with van der Waals surface area (Å²) in [5.74, 6) is 1.73. The van der Waals surface area contributed by atoms with E-state index in [1.54, 1.807) is 0 Å². The van der Waals surface area contributed by atoms with Crippen LogP contribution in [-0.2, 0) is 10.3 Å². The average molecular weight is 373 g/mol. The first-order valence-corrected chi connectivity index (χ1v) is 10.3. The number of ether oxygens (including phenoxy) is 2. The Bertz CT molecular complexity index is 673. The molecular formula is C21H31N3O3. The van der Waals surface area contributed by atoms with E-state index in [-0.39, 0.29) is 11.4 Å². The number of likely N-dealkylation sites (tertiary alicyclic amines) is 1. The van der Waals surface area contributed by atoms with Crippen LogP contribution in [0.3, 0.4) is 0 Å². The number of carbonyl (C=O) groups excluding carboxylic acids is 1. The van der Waals surface area contributed by atoms with Gasteiger partial charge in [0.25, 0.3) is 0 Å². The standard InChI is InChI=1S/C21H31N3O3/c1-22-17-5-4-10-24(14-17)15-20(25)23-21(8-2-3-9-21)16-6-7-18-19(13-16)27-12-11-26-18/h6-7,13,17,22H,2-5,8-12,14-15H2,1H3,(H,23,25). The lowest BCUT2D eigenvalue weighted by atomic mass is 9.87. The molecule has 4 rings (SSSR count). The van der Waals surface area contributed by atoms with Gasteiger partial charge >= 0.3 is 0 Å². The highest BCUT2D eigenvalue weighted by Gasteiger charge is 2.38. The van der Waals surface area contributed by atoms with Crippen LogP contribution in [0.25, 0.3) is 0 Å². The molecule has 148 valence electrons. The number of benzene rings is 1. The molecule has 1 saturated carbocycles. The normalized spacial score (nSPS) is 24.6. The zero-order valence-corrected chi connectivity index (χ0v) is 16.3. The van der Waals surface area contributed by atoms with Crippen LogP contribution in [-0.4, -0.2) is 56.7 Å². The van der Waals surface area contributed by atoms with E-state index in [4.69, 9.17) is 9.47 Å². The Morgan fingerprint density at radius 2 is 1.96 bits per heavy atom. The molecule has 0 spiro atoms. The van der Waals surface area contributed by atoms with Crippen molar-refractivity contribution in [3.8, 4) is 11.5 Å². The largest absolute Gasteiger partial charge is 0.486 e. The molecule has 1 aromatic rings. The smallest absolute Gasteiger partial charge is 0.234 e. The first kappa shape index (κ1) is 18.6. The molecule has 6 nitrogen and oxygen atoms in total. The van der Waals surface area contributed by atoms with E-state index in [1.807, 2.05) is 13.1 Å². The summed E-state index contributed by atoms with van der Waals surface area (Å²) < 4.78 is 11.4. The van der Waals surface area contributed by atoms with Crippen molar-refractivity contribution < 1.29 is 14.3 Å². The molecule has 27 heavy (non-hydrogen) atoms. The molecule has 1 unspecified atom stereocenters. The third-order valence-corrected chi connectivity index (χ3v) is 6.21. The van der Waals surface area contributed by atoms with Gasteiger partial charge in [-0.1, -0.05) is 18.9 Å². The van der Waals surface area contributed by atoms with Gasteiger partial charge in [-0.3, -0.25) is 9.69 Å². The van der Waals surface area contributed by atoms with Crippen molar-refractivity contribution in [1.82, 2.24) is 15.5 Å². The van der Waals surface area contributed by atoms with Gasteiger partial charge in [-0.2, -0.15) is 0 Å². The zero-order chi connectivity index (χ0) is 18.7. The monoisotopic (exact) mass is 373 g/mol. The third-order valence-electron chi connectivity index (χ3n) is 6.21. The molecule has 1 aliphatic carbocycles. The molecule has 2 fully saturated rings. The van der Waals surface area contributed by atoms with Gasteiger partial charge in [-0.05, 0) is 57.0 Å². The number of nitrogens with one attached hydrogen (secondary N) is 2. The van der Waals surface area contributed by atoms with Crippen molar-refractivity contribution in [3.63, 3.8) is 0 Å². The first-order chi connectivity index (χ1) is 13.2. The van der Waals surface area contributed by atoms with Gasteiger partial charge in [0.05, 0.1) is 12.1 Å². The molecule has 1 atom stereocenters. The summed E-state index contributed by atoms with van der Waals surface area (Å²) >= 11 is 0. The minimum absolute atomic E-state index is 0.128. The molecule has 2 N–H and O–H groups in total. The Hall–Kier alpha value is -1.79. The SMILES string of the molecule is CNC1CCCN(CC(=O)NC2(c3ccc4c(c3)OCCO4)CCCC2)C1. The molecule has 3 aliphatic rings. The average Bonchev–Trinajstić information content (AvgIpc) is 3.17. The molecule has 0 aromatic heterocycles. The number of carbonyl (C=O) groups is 1. The molecular weight excluding hydrogens is 342 g/mol. The summed E-state index contributed by atoms with van der Waals surface area (Å²) in [5.41, 5.74) is 0.870. The summed E-state index contributed by atoms with van der Waals surface area (Å²) in [4.78, 5) is 15.2. The summed E-state index contributed by atoms with van der Waals surface area (Å²) in [6.45, 7) is 3.60. The Morgan fingerprint density at radius 3 is 2.74 bits per heavy atom. The Balaban J connectivity index is 1.46. The van der Waals surface area contributed by atoms with Crippen molar-refractivity contribution in [3.05, 3.63) is 23.8 Å². The molecule has 2 aliphatic heterocycles. The molecule has 1 amide bonds. The van der Waals surface area contributed by atoms with Crippen molar-refractivity contribution in [2.24, 2.45) is 0 Å². The second kappa shape index (κ2) is 8.07. The van der Waals surface area contributed by atoms with Crippen molar-refractivity contribution in [2.45, 2.75) is 50.1 Å². The minimum atomic E-state index is -0.273. The fourth-order valence-electron chi connectivity index (χ4n) is 4.75. The highest BCUT2D eigenvalue weighted by atomic mass is 16.6. The van der Waals surface area contributed by atoms with Crippen LogP contribution in [0.2, 0.25) is 0 Å². The number of amides is 1. The summed E-state index contributed by atoms with van der Waals surface area (Å²) in [6.07, 6.45) is 6.58. The van der Waals surface area contributed by atoms with Crippen LogP contribution in [0, 0.1) is 0 Å². The maximum Gasteiger partial charge on any atom is 0.234 e. The number of hydrogen-bond donors (Lipinski definition) is 2. The third kappa shape index (κ3) is 4.06.